The lowest BCUT2D eigenvalue weighted by Gasteiger charge is -2.20. The number of para-hydroxylation sites is 2. The van der Waals surface area contributed by atoms with Gasteiger partial charge in [0, 0.05) is 42.1 Å². The first-order chi connectivity index (χ1) is 10.7. The fourth-order valence-electron chi connectivity index (χ4n) is 3.55. The van der Waals surface area contributed by atoms with Crippen molar-refractivity contribution in [3.63, 3.8) is 0 Å². The molecule has 0 radical (unpaired) electrons. The van der Waals surface area contributed by atoms with Crippen LogP contribution in [0.2, 0.25) is 0 Å². The maximum absolute atomic E-state index is 9.72. The van der Waals surface area contributed by atoms with Gasteiger partial charge in [0.1, 0.15) is 0 Å². The third kappa shape index (κ3) is 2.23. The lowest BCUT2D eigenvalue weighted by Crippen LogP contribution is -2.29. The second kappa shape index (κ2) is 5.27. The molecular weight excluding hydrogens is 272 g/mol. The molecule has 112 valence electrons. The molecule has 0 spiro atoms. The number of hydrogen-bond donors (Lipinski definition) is 2. The number of aliphatic hydroxyl groups excluding tert-OH is 1. The summed E-state index contributed by atoms with van der Waals surface area (Å²) in [6, 6.07) is 17.0. The van der Waals surface area contributed by atoms with Gasteiger partial charge in [0.05, 0.1) is 6.10 Å². The lowest BCUT2D eigenvalue weighted by atomic mass is 9.97. The number of benzene rings is 2. The van der Waals surface area contributed by atoms with E-state index in [9.17, 15) is 5.11 Å². The average Bonchev–Trinajstić information content (AvgIpc) is 2.85. The van der Waals surface area contributed by atoms with E-state index in [1.54, 1.807) is 0 Å². The van der Waals surface area contributed by atoms with Gasteiger partial charge < -0.3 is 10.4 Å². The van der Waals surface area contributed by atoms with E-state index in [4.69, 9.17) is 0 Å². The molecule has 1 atom stereocenters. The highest BCUT2D eigenvalue weighted by Gasteiger charge is 2.29. The minimum absolute atomic E-state index is 0.299. The molecular formula is C19H20N2O. The van der Waals surface area contributed by atoms with Crippen LogP contribution >= 0.6 is 0 Å². The van der Waals surface area contributed by atoms with Crippen LogP contribution < -0.4 is 5.32 Å². The van der Waals surface area contributed by atoms with Crippen LogP contribution in [-0.2, 0) is 0 Å². The van der Waals surface area contributed by atoms with Gasteiger partial charge in [-0.3, -0.25) is 4.90 Å². The molecule has 2 aliphatic rings. The van der Waals surface area contributed by atoms with E-state index in [1.165, 1.54) is 33.6 Å². The Kier molecular flexibility index (Phi) is 3.25. The smallest absolute Gasteiger partial charge is 0.0639 e. The third-order valence-electron chi connectivity index (χ3n) is 4.42. The molecule has 2 aliphatic heterocycles. The highest BCUT2D eigenvalue weighted by atomic mass is 16.3. The molecule has 0 aromatic heterocycles. The van der Waals surface area contributed by atoms with Crippen molar-refractivity contribution in [1.29, 1.82) is 0 Å². The first kappa shape index (κ1) is 13.6. The Morgan fingerprint density at radius 2 is 1.45 bits per heavy atom. The minimum atomic E-state index is -0.299. The molecule has 22 heavy (non-hydrogen) atoms. The zero-order valence-electron chi connectivity index (χ0n) is 12.7. The Balaban J connectivity index is 1.84. The molecule has 0 unspecified atom stereocenters. The maximum Gasteiger partial charge on any atom is 0.0639 e. The Morgan fingerprint density at radius 3 is 1.95 bits per heavy atom. The topological polar surface area (TPSA) is 35.5 Å². The summed E-state index contributed by atoms with van der Waals surface area (Å²) in [6.45, 7) is 4.36. The second-order valence-electron chi connectivity index (χ2n) is 6.19. The molecule has 0 saturated heterocycles. The molecule has 0 aliphatic carbocycles. The van der Waals surface area contributed by atoms with Gasteiger partial charge in [-0.25, -0.2) is 0 Å². The Morgan fingerprint density at radius 1 is 0.955 bits per heavy atom. The van der Waals surface area contributed by atoms with Crippen LogP contribution in [0.15, 0.2) is 48.5 Å². The fourth-order valence-corrected chi connectivity index (χ4v) is 3.55. The van der Waals surface area contributed by atoms with E-state index >= 15 is 0 Å². The number of nitrogens with one attached hydrogen (secondary N) is 1. The molecule has 2 heterocycles. The fraction of sp³-hybridized carbons (Fsp3) is 0.263. The summed E-state index contributed by atoms with van der Waals surface area (Å²) in [5, 5.41) is 13.3. The number of nitrogens with zero attached hydrogens (tertiary/aromatic N) is 1. The number of β-amino-alcohol motifs (C(OH)–C–C–N with tert-alkyl or cyclic N) is 1. The predicted molar refractivity (Wildman–Crippen MR) is 91.1 cm³/mol. The Bertz CT molecular complexity index is 691. The van der Waals surface area contributed by atoms with Gasteiger partial charge in [-0.1, -0.05) is 36.4 Å². The molecule has 0 amide bonds. The molecule has 0 saturated carbocycles. The quantitative estimate of drug-likeness (QED) is 0.891. The summed E-state index contributed by atoms with van der Waals surface area (Å²) in [4.78, 5) is 2.33. The number of aliphatic hydroxyl groups is 1. The molecule has 2 aromatic rings. The number of hydrogen-bond acceptors (Lipinski definition) is 3. The third-order valence-corrected chi connectivity index (χ3v) is 4.42. The molecule has 2 aromatic carbocycles. The van der Waals surface area contributed by atoms with Gasteiger partial charge >= 0.3 is 0 Å². The first-order valence-electron chi connectivity index (χ1n) is 7.80. The van der Waals surface area contributed by atoms with Gasteiger partial charge in [0.2, 0.25) is 0 Å². The summed E-state index contributed by atoms with van der Waals surface area (Å²) in [5.74, 6) is 0. The van der Waals surface area contributed by atoms with E-state index in [0.29, 0.717) is 6.54 Å². The van der Waals surface area contributed by atoms with E-state index < -0.39 is 0 Å². The SMILES string of the molecule is C[C@@H](O)CN1CC2=C(C1)c1ccccc1Nc1ccccc12. The lowest BCUT2D eigenvalue weighted by molar-refractivity contribution is 0.145. The Labute approximate surface area is 130 Å². The number of anilines is 2. The van der Waals surface area contributed by atoms with Crippen molar-refractivity contribution in [2.45, 2.75) is 13.0 Å². The first-order valence-corrected chi connectivity index (χ1v) is 7.80. The van der Waals surface area contributed by atoms with Crippen molar-refractivity contribution in [2.24, 2.45) is 0 Å². The zero-order valence-corrected chi connectivity index (χ0v) is 12.7. The molecule has 0 bridgehead atoms. The highest BCUT2D eigenvalue weighted by Crippen LogP contribution is 2.42. The maximum atomic E-state index is 9.72. The van der Waals surface area contributed by atoms with Crippen molar-refractivity contribution in [1.82, 2.24) is 4.90 Å². The van der Waals surface area contributed by atoms with Crippen molar-refractivity contribution in [3.05, 3.63) is 59.7 Å². The minimum Gasteiger partial charge on any atom is -0.392 e. The number of rotatable bonds is 2. The van der Waals surface area contributed by atoms with E-state index in [2.05, 4.69) is 58.7 Å². The average molecular weight is 292 g/mol. The summed E-state index contributed by atoms with van der Waals surface area (Å²) in [7, 11) is 0. The van der Waals surface area contributed by atoms with Crippen LogP contribution in [0, 0.1) is 0 Å². The Hall–Kier alpha value is -2.10. The van der Waals surface area contributed by atoms with Gasteiger partial charge in [0.25, 0.3) is 0 Å². The van der Waals surface area contributed by atoms with Gasteiger partial charge in [-0.15, -0.1) is 0 Å². The van der Waals surface area contributed by atoms with Crippen molar-refractivity contribution in [3.8, 4) is 0 Å². The summed E-state index contributed by atoms with van der Waals surface area (Å²) >= 11 is 0. The van der Waals surface area contributed by atoms with Crippen LogP contribution in [0.4, 0.5) is 11.4 Å². The molecule has 0 fully saturated rings. The highest BCUT2D eigenvalue weighted by molar-refractivity contribution is 6.03. The van der Waals surface area contributed by atoms with Crippen LogP contribution in [0.3, 0.4) is 0 Å². The molecule has 3 heteroatoms. The summed E-state index contributed by atoms with van der Waals surface area (Å²) in [6.07, 6.45) is -0.299. The zero-order chi connectivity index (χ0) is 15.1. The summed E-state index contributed by atoms with van der Waals surface area (Å²) < 4.78 is 0. The molecule has 4 rings (SSSR count). The van der Waals surface area contributed by atoms with Crippen LogP contribution in [0.1, 0.15) is 18.1 Å². The van der Waals surface area contributed by atoms with E-state index in [1.807, 2.05) is 6.92 Å². The monoisotopic (exact) mass is 292 g/mol. The van der Waals surface area contributed by atoms with E-state index in [0.717, 1.165) is 13.1 Å². The van der Waals surface area contributed by atoms with Gasteiger partial charge in [0.15, 0.2) is 0 Å². The number of fused-ring (bicyclic) bond motifs is 4. The molecule has 2 N–H and O–H groups in total. The predicted octanol–water partition coefficient (Wildman–Crippen LogP) is 3.35. The van der Waals surface area contributed by atoms with E-state index in [-0.39, 0.29) is 6.10 Å². The van der Waals surface area contributed by atoms with Crippen molar-refractivity contribution < 1.29 is 5.11 Å². The van der Waals surface area contributed by atoms with Gasteiger partial charge in [-0.05, 0) is 30.2 Å². The normalized spacial score (nSPS) is 18.1. The second-order valence-corrected chi connectivity index (χ2v) is 6.19. The molecule has 3 nitrogen and oxygen atoms in total. The van der Waals surface area contributed by atoms with Gasteiger partial charge in [-0.2, -0.15) is 0 Å². The summed E-state index contributed by atoms with van der Waals surface area (Å²) in [5.41, 5.74) is 7.66. The van der Waals surface area contributed by atoms with Crippen LogP contribution in [0.25, 0.3) is 11.1 Å². The van der Waals surface area contributed by atoms with Crippen molar-refractivity contribution in [2.75, 3.05) is 25.0 Å². The largest absolute Gasteiger partial charge is 0.392 e. The standard InChI is InChI=1S/C19H20N2O/c1-13(22)10-21-11-16-14-6-2-4-8-18(14)20-19-9-5-3-7-15(19)17(16)12-21/h2-9,13,20,22H,10-12H2,1H3/t13-/m1/s1. The van der Waals surface area contributed by atoms with Crippen LogP contribution in [0.5, 0.6) is 0 Å². The van der Waals surface area contributed by atoms with Crippen LogP contribution in [-0.4, -0.2) is 35.7 Å². The van der Waals surface area contributed by atoms with Crippen molar-refractivity contribution >= 4 is 22.5 Å².